The van der Waals surface area contributed by atoms with Gasteiger partial charge in [0.2, 0.25) is 0 Å². The van der Waals surface area contributed by atoms with E-state index in [0.29, 0.717) is 38.6 Å². The van der Waals surface area contributed by atoms with Crippen molar-refractivity contribution in [1.29, 1.82) is 0 Å². The standard InChI is InChI=1S/C18H27N3O2/c1-14(2)13-19-18(23)21-9-5-8-20(10-11-21)17(22)16-7-4-6-15(3)12-16/h4,6-7,12,14H,5,8-11,13H2,1-3H3,(H,19,23). The molecule has 0 radical (unpaired) electrons. The molecule has 1 saturated heterocycles. The minimum atomic E-state index is -0.0245. The van der Waals surface area contributed by atoms with Crippen LogP contribution in [-0.2, 0) is 0 Å². The SMILES string of the molecule is Cc1cccc(C(=O)N2CCCN(C(=O)NCC(C)C)CC2)c1. The molecule has 1 aromatic rings. The topological polar surface area (TPSA) is 52.7 Å². The lowest BCUT2D eigenvalue weighted by atomic mass is 10.1. The molecule has 5 heteroatoms. The van der Waals surface area contributed by atoms with Crippen molar-refractivity contribution in [3.8, 4) is 0 Å². The molecule has 1 aliphatic heterocycles. The maximum atomic E-state index is 12.6. The summed E-state index contributed by atoms with van der Waals surface area (Å²) in [6, 6.07) is 7.64. The van der Waals surface area contributed by atoms with Crippen LogP contribution in [0.1, 0.15) is 36.2 Å². The molecule has 5 nitrogen and oxygen atoms in total. The summed E-state index contributed by atoms with van der Waals surface area (Å²) in [4.78, 5) is 28.4. The Morgan fingerprint density at radius 3 is 2.52 bits per heavy atom. The zero-order chi connectivity index (χ0) is 16.8. The predicted octanol–water partition coefficient (Wildman–Crippen LogP) is 2.51. The van der Waals surface area contributed by atoms with E-state index in [-0.39, 0.29) is 11.9 Å². The van der Waals surface area contributed by atoms with Crippen LogP contribution >= 0.6 is 0 Å². The Morgan fingerprint density at radius 1 is 1.13 bits per heavy atom. The van der Waals surface area contributed by atoms with Gasteiger partial charge in [0.25, 0.3) is 5.91 Å². The highest BCUT2D eigenvalue weighted by Crippen LogP contribution is 2.11. The van der Waals surface area contributed by atoms with Gasteiger partial charge in [-0.25, -0.2) is 4.79 Å². The van der Waals surface area contributed by atoms with Crippen LogP contribution in [0.5, 0.6) is 0 Å². The van der Waals surface area contributed by atoms with E-state index in [0.717, 1.165) is 17.5 Å². The van der Waals surface area contributed by atoms with Gasteiger partial charge in [-0.3, -0.25) is 4.79 Å². The summed E-state index contributed by atoms with van der Waals surface area (Å²) in [5, 5.41) is 2.95. The first kappa shape index (κ1) is 17.3. The predicted molar refractivity (Wildman–Crippen MR) is 91.5 cm³/mol. The minimum absolute atomic E-state index is 0.0245. The molecule has 3 amide bonds. The Bertz CT molecular complexity index is 557. The van der Waals surface area contributed by atoms with Crippen LogP contribution in [0, 0.1) is 12.8 Å². The van der Waals surface area contributed by atoms with Crippen LogP contribution in [0.4, 0.5) is 4.79 Å². The maximum Gasteiger partial charge on any atom is 0.317 e. The Morgan fingerprint density at radius 2 is 1.83 bits per heavy atom. The van der Waals surface area contributed by atoms with Crippen LogP contribution in [0.2, 0.25) is 0 Å². The number of rotatable bonds is 3. The number of amides is 3. The molecule has 1 fully saturated rings. The van der Waals surface area contributed by atoms with Gasteiger partial charge in [0.15, 0.2) is 0 Å². The normalized spacial score (nSPS) is 15.5. The van der Waals surface area contributed by atoms with Gasteiger partial charge in [0, 0.05) is 38.3 Å². The first-order valence-electron chi connectivity index (χ1n) is 8.36. The summed E-state index contributed by atoms with van der Waals surface area (Å²) in [5.74, 6) is 0.489. The molecule has 1 N–H and O–H groups in total. The van der Waals surface area contributed by atoms with Gasteiger partial charge in [0.1, 0.15) is 0 Å². The van der Waals surface area contributed by atoms with Gasteiger partial charge in [-0.05, 0) is 31.4 Å². The monoisotopic (exact) mass is 317 g/mol. The van der Waals surface area contributed by atoms with Crippen molar-refractivity contribution >= 4 is 11.9 Å². The van der Waals surface area contributed by atoms with Crippen molar-refractivity contribution < 1.29 is 9.59 Å². The number of nitrogens with zero attached hydrogens (tertiary/aromatic N) is 2. The largest absolute Gasteiger partial charge is 0.338 e. The van der Waals surface area contributed by atoms with E-state index >= 15 is 0 Å². The molecule has 1 aromatic carbocycles. The van der Waals surface area contributed by atoms with E-state index in [1.165, 1.54) is 0 Å². The molecule has 0 aromatic heterocycles. The molecule has 0 atom stereocenters. The Kier molecular flexibility index (Phi) is 6.02. The highest BCUT2D eigenvalue weighted by Gasteiger charge is 2.22. The van der Waals surface area contributed by atoms with E-state index in [1.54, 1.807) is 0 Å². The van der Waals surface area contributed by atoms with Gasteiger partial charge in [0.05, 0.1) is 0 Å². The third-order valence-corrected chi connectivity index (χ3v) is 4.00. The Balaban J connectivity index is 1.93. The fraction of sp³-hybridized carbons (Fsp3) is 0.556. The molecule has 2 rings (SSSR count). The van der Waals surface area contributed by atoms with Crippen molar-refractivity contribution in [2.45, 2.75) is 27.2 Å². The lowest BCUT2D eigenvalue weighted by Gasteiger charge is -2.23. The van der Waals surface area contributed by atoms with Crippen LogP contribution in [-0.4, -0.2) is 54.5 Å². The van der Waals surface area contributed by atoms with Crippen LogP contribution in [0.15, 0.2) is 24.3 Å². The molecule has 126 valence electrons. The summed E-state index contributed by atoms with van der Waals surface area (Å²) in [7, 11) is 0. The highest BCUT2D eigenvalue weighted by molar-refractivity contribution is 5.94. The zero-order valence-corrected chi connectivity index (χ0v) is 14.3. The molecular weight excluding hydrogens is 290 g/mol. The number of aryl methyl sites for hydroxylation is 1. The quantitative estimate of drug-likeness (QED) is 0.931. The molecule has 1 aliphatic rings. The van der Waals surface area contributed by atoms with Crippen molar-refractivity contribution in [3.63, 3.8) is 0 Å². The first-order valence-corrected chi connectivity index (χ1v) is 8.36. The maximum absolute atomic E-state index is 12.6. The second kappa shape index (κ2) is 7.99. The summed E-state index contributed by atoms with van der Waals surface area (Å²) in [5.41, 5.74) is 1.81. The number of hydrogen-bond donors (Lipinski definition) is 1. The van der Waals surface area contributed by atoms with Gasteiger partial charge >= 0.3 is 6.03 Å². The van der Waals surface area contributed by atoms with E-state index < -0.39 is 0 Å². The van der Waals surface area contributed by atoms with E-state index in [9.17, 15) is 9.59 Å². The molecule has 23 heavy (non-hydrogen) atoms. The van der Waals surface area contributed by atoms with Crippen molar-refractivity contribution in [3.05, 3.63) is 35.4 Å². The van der Waals surface area contributed by atoms with Crippen molar-refractivity contribution in [2.24, 2.45) is 5.92 Å². The Hall–Kier alpha value is -2.04. The summed E-state index contributed by atoms with van der Waals surface area (Å²) < 4.78 is 0. The molecule has 0 bridgehead atoms. The fourth-order valence-electron chi connectivity index (χ4n) is 2.69. The lowest BCUT2D eigenvalue weighted by molar-refractivity contribution is 0.0762. The van der Waals surface area contributed by atoms with Crippen molar-refractivity contribution in [1.82, 2.24) is 15.1 Å². The van der Waals surface area contributed by atoms with E-state index in [4.69, 9.17) is 0 Å². The van der Waals surface area contributed by atoms with Gasteiger partial charge in [-0.15, -0.1) is 0 Å². The number of hydrogen-bond acceptors (Lipinski definition) is 2. The molecule has 0 unspecified atom stereocenters. The van der Waals surface area contributed by atoms with Crippen molar-refractivity contribution in [2.75, 3.05) is 32.7 Å². The second-order valence-corrected chi connectivity index (χ2v) is 6.58. The van der Waals surface area contributed by atoms with E-state index in [1.807, 2.05) is 41.0 Å². The summed E-state index contributed by atoms with van der Waals surface area (Å²) in [6.45, 7) is 9.38. The number of carbonyl (C=O) groups is 2. The molecular formula is C18H27N3O2. The number of urea groups is 1. The van der Waals surface area contributed by atoms with Gasteiger partial charge in [-0.1, -0.05) is 31.5 Å². The lowest BCUT2D eigenvalue weighted by Crippen LogP contribution is -2.43. The van der Waals surface area contributed by atoms with E-state index in [2.05, 4.69) is 19.2 Å². The average molecular weight is 317 g/mol. The molecule has 0 aliphatic carbocycles. The van der Waals surface area contributed by atoms with Crippen LogP contribution in [0.25, 0.3) is 0 Å². The number of benzene rings is 1. The average Bonchev–Trinajstić information content (AvgIpc) is 2.78. The number of nitrogens with one attached hydrogen (secondary N) is 1. The number of carbonyl (C=O) groups excluding carboxylic acids is 2. The van der Waals surface area contributed by atoms with Gasteiger partial charge < -0.3 is 15.1 Å². The molecule has 1 heterocycles. The third kappa shape index (κ3) is 4.98. The first-order chi connectivity index (χ1) is 11.0. The van der Waals surface area contributed by atoms with Crippen LogP contribution < -0.4 is 5.32 Å². The fourth-order valence-corrected chi connectivity index (χ4v) is 2.69. The summed E-state index contributed by atoms with van der Waals surface area (Å²) >= 11 is 0. The third-order valence-electron chi connectivity index (χ3n) is 4.00. The second-order valence-electron chi connectivity index (χ2n) is 6.58. The smallest absolute Gasteiger partial charge is 0.317 e. The Labute approximate surface area is 138 Å². The minimum Gasteiger partial charge on any atom is -0.338 e. The van der Waals surface area contributed by atoms with Crippen LogP contribution in [0.3, 0.4) is 0 Å². The van der Waals surface area contributed by atoms with Gasteiger partial charge in [-0.2, -0.15) is 0 Å². The molecule has 0 spiro atoms. The zero-order valence-electron chi connectivity index (χ0n) is 14.3. The highest BCUT2D eigenvalue weighted by atomic mass is 16.2. The molecule has 0 saturated carbocycles. The summed E-state index contributed by atoms with van der Waals surface area (Å²) in [6.07, 6.45) is 0.812.